The topological polar surface area (TPSA) is 41.5 Å². The lowest BCUT2D eigenvalue weighted by Gasteiger charge is -2.14. The number of rotatable bonds is 7. The minimum Gasteiger partial charge on any atom is -0.392 e. The molecule has 1 aliphatic rings. The SMILES string of the molecule is CCCNCC(O)CCC1CCCO1. The molecule has 84 valence electrons. The van der Waals surface area contributed by atoms with Crippen molar-refractivity contribution >= 4 is 0 Å². The van der Waals surface area contributed by atoms with Gasteiger partial charge in [0.15, 0.2) is 0 Å². The van der Waals surface area contributed by atoms with Crippen LogP contribution in [0.4, 0.5) is 0 Å². The van der Waals surface area contributed by atoms with Crippen LogP contribution >= 0.6 is 0 Å². The predicted molar refractivity (Wildman–Crippen MR) is 57.4 cm³/mol. The van der Waals surface area contributed by atoms with Crippen LogP contribution in [0.2, 0.25) is 0 Å². The smallest absolute Gasteiger partial charge is 0.0665 e. The first-order valence-electron chi connectivity index (χ1n) is 5.83. The molecule has 0 amide bonds. The van der Waals surface area contributed by atoms with Crippen molar-refractivity contribution < 1.29 is 9.84 Å². The Bertz CT molecular complexity index is 135. The first-order valence-corrected chi connectivity index (χ1v) is 5.83. The molecule has 1 heterocycles. The van der Waals surface area contributed by atoms with Gasteiger partial charge >= 0.3 is 0 Å². The molecule has 2 atom stereocenters. The Labute approximate surface area is 86.8 Å². The van der Waals surface area contributed by atoms with Crippen LogP contribution in [0, 0.1) is 0 Å². The summed E-state index contributed by atoms with van der Waals surface area (Å²) in [6.45, 7) is 4.76. The third kappa shape index (κ3) is 4.94. The number of ether oxygens (including phenoxy) is 1. The van der Waals surface area contributed by atoms with Gasteiger partial charge in [-0.25, -0.2) is 0 Å². The van der Waals surface area contributed by atoms with Crippen LogP contribution in [-0.4, -0.2) is 37.0 Å². The molecule has 1 fully saturated rings. The molecule has 0 aliphatic carbocycles. The molecule has 2 unspecified atom stereocenters. The van der Waals surface area contributed by atoms with Gasteiger partial charge in [-0.05, 0) is 38.6 Å². The molecule has 0 aromatic rings. The molecular formula is C11H23NO2. The zero-order chi connectivity index (χ0) is 10.2. The lowest BCUT2D eigenvalue weighted by Crippen LogP contribution is -2.28. The Hall–Kier alpha value is -0.120. The molecule has 1 saturated heterocycles. The Morgan fingerprint density at radius 2 is 2.43 bits per heavy atom. The van der Waals surface area contributed by atoms with Crippen LogP contribution in [-0.2, 0) is 4.74 Å². The minimum atomic E-state index is -0.203. The van der Waals surface area contributed by atoms with Gasteiger partial charge < -0.3 is 15.2 Å². The van der Waals surface area contributed by atoms with Crippen molar-refractivity contribution in [2.75, 3.05) is 19.7 Å². The van der Waals surface area contributed by atoms with Crippen molar-refractivity contribution in [2.45, 2.75) is 51.2 Å². The molecule has 0 spiro atoms. The van der Waals surface area contributed by atoms with Gasteiger partial charge in [-0.1, -0.05) is 6.92 Å². The summed E-state index contributed by atoms with van der Waals surface area (Å²) < 4.78 is 5.50. The fourth-order valence-electron chi connectivity index (χ4n) is 1.80. The summed E-state index contributed by atoms with van der Waals surface area (Å²) in [5.74, 6) is 0. The number of aliphatic hydroxyl groups is 1. The van der Waals surface area contributed by atoms with Gasteiger partial charge in [0.25, 0.3) is 0 Å². The summed E-state index contributed by atoms with van der Waals surface area (Å²) in [7, 11) is 0. The van der Waals surface area contributed by atoms with Crippen molar-refractivity contribution in [1.82, 2.24) is 5.32 Å². The van der Waals surface area contributed by atoms with Crippen LogP contribution in [0.1, 0.15) is 39.0 Å². The predicted octanol–water partition coefficient (Wildman–Crippen LogP) is 1.31. The number of nitrogens with one attached hydrogen (secondary N) is 1. The first kappa shape index (κ1) is 12.0. The van der Waals surface area contributed by atoms with E-state index in [1.807, 2.05) is 0 Å². The van der Waals surface area contributed by atoms with Crippen LogP contribution in [0.25, 0.3) is 0 Å². The number of aliphatic hydroxyl groups excluding tert-OH is 1. The van der Waals surface area contributed by atoms with Gasteiger partial charge in [0.1, 0.15) is 0 Å². The molecule has 1 aliphatic heterocycles. The zero-order valence-electron chi connectivity index (χ0n) is 9.17. The lowest BCUT2D eigenvalue weighted by atomic mass is 10.1. The molecule has 3 nitrogen and oxygen atoms in total. The van der Waals surface area contributed by atoms with Crippen molar-refractivity contribution in [2.24, 2.45) is 0 Å². The highest BCUT2D eigenvalue weighted by Gasteiger charge is 2.16. The average molecular weight is 201 g/mol. The van der Waals surface area contributed by atoms with E-state index in [-0.39, 0.29) is 6.10 Å². The molecule has 0 aromatic carbocycles. The van der Waals surface area contributed by atoms with E-state index in [0.717, 1.165) is 39.0 Å². The summed E-state index contributed by atoms with van der Waals surface area (Å²) in [6.07, 6.45) is 5.57. The maximum atomic E-state index is 9.62. The minimum absolute atomic E-state index is 0.203. The Balaban J connectivity index is 1.93. The van der Waals surface area contributed by atoms with Crippen LogP contribution in [0.3, 0.4) is 0 Å². The van der Waals surface area contributed by atoms with Crippen molar-refractivity contribution in [3.05, 3.63) is 0 Å². The molecule has 0 radical (unpaired) electrons. The van der Waals surface area contributed by atoms with Crippen LogP contribution < -0.4 is 5.32 Å². The summed E-state index contributed by atoms with van der Waals surface area (Å²) >= 11 is 0. The molecule has 1 rings (SSSR count). The van der Waals surface area contributed by atoms with Crippen molar-refractivity contribution in [1.29, 1.82) is 0 Å². The van der Waals surface area contributed by atoms with E-state index in [0.29, 0.717) is 6.10 Å². The maximum Gasteiger partial charge on any atom is 0.0665 e. The van der Waals surface area contributed by atoms with Gasteiger partial charge in [-0.2, -0.15) is 0 Å². The molecule has 2 N–H and O–H groups in total. The molecule has 14 heavy (non-hydrogen) atoms. The van der Waals surface area contributed by atoms with Crippen molar-refractivity contribution in [3.63, 3.8) is 0 Å². The molecular weight excluding hydrogens is 178 g/mol. The van der Waals surface area contributed by atoms with Gasteiger partial charge in [0, 0.05) is 13.2 Å². The highest BCUT2D eigenvalue weighted by molar-refractivity contribution is 4.68. The van der Waals surface area contributed by atoms with E-state index in [1.165, 1.54) is 12.8 Å². The fourth-order valence-corrected chi connectivity index (χ4v) is 1.80. The lowest BCUT2D eigenvalue weighted by molar-refractivity contribution is 0.0811. The Kier molecular flexibility index (Phi) is 6.15. The van der Waals surface area contributed by atoms with E-state index in [9.17, 15) is 5.11 Å². The highest BCUT2D eigenvalue weighted by atomic mass is 16.5. The molecule has 3 heteroatoms. The third-order valence-corrected chi connectivity index (χ3v) is 2.65. The fraction of sp³-hybridized carbons (Fsp3) is 1.00. The van der Waals surface area contributed by atoms with Crippen LogP contribution in [0.5, 0.6) is 0 Å². The maximum absolute atomic E-state index is 9.62. The quantitative estimate of drug-likeness (QED) is 0.610. The first-order chi connectivity index (χ1) is 6.83. The second kappa shape index (κ2) is 7.21. The molecule has 0 bridgehead atoms. The van der Waals surface area contributed by atoms with Gasteiger partial charge in [-0.3, -0.25) is 0 Å². The summed E-state index contributed by atoms with van der Waals surface area (Å²) in [5, 5.41) is 12.8. The largest absolute Gasteiger partial charge is 0.392 e. The van der Waals surface area contributed by atoms with E-state index >= 15 is 0 Å². The zero-order valence-corrected chi connectivity index (χ0v) is 9.17. The van der Waals surface area contributed by atoms with Gasteiger partial charge in [-0.15, -0.1) is 0 Å². The summed E-state index contributed by atoms with van der Waals surface area (Å²) in [6, 6.07) is 0. The van der Waals surface area contributed by atoms with Gasteiger partial charge in [0.05, 0.1) is 12.2 Å². The Morgan fingerprint density at radius 3 is 3.07 bits per heavy atom. The second-order valence-electron chi connectivity index (χ2n) is 4.07. The van der Waals surface area contributed by atoms with Crippen LogP contribution in [0.15, 0.2) is 0 Å². The van der Waals surface area contributed by atoms with E-state index < -0.39 is 0 Å². The summed E-state index contributed by atoms with van der Waals surface area (Å²) in [5.41, 5.74) is 0. The van der Waals surface area contributed by atoms with E-state index in [4.69, 9.17) is 4.74 Å². The Morgan fingerprint density at radius 1 is 1.57 bits per heavy atom. The second-order valence-corrected chi connectivity index (χ2v) is 4.07. The number of hydrogen-bond acceptors (Lipinski definition) is 3. The molecule has 0 aromatic heterocycles. The third-order valence-electron chi connectivity index (χ3n) is 2.65. The highest BCUT2D eigenvalue weighted by Crippen LogP contribution is 2.17. The monoisotopic (exact) mass is 201 g/mol. The summed E-state index contributed by atoms with van der Waals surface area (Å²) in [4.78, 5) is 0. The normalized spacial score (nSPS) is 24.0. The van der Waals surface area contributed by atoms with E-state index in [1.54, 1.807) is 0 Å². The number of hydrogen-bond donors (Lipinski definition) is 2. The van der Waals surface area contributed by atoms with Crippen molar-refractivity contribution in [3.8, 4) is 0 Å². The van der Waals surface area contributed by atoms with E-state index in [2.05, 4.69) is 12.2 Å². The molecule has 0 saturated carbocycles. The van der Waals surface area contributed by atoms with Gasteiger partial charge in [0.2, 0.25) is 0 Å². The standard InChI is InChI=1S/C11H23NO2/c1-2-7-12-9-10(13)5-6-11-4-3-8-14-11/h10-13H,2-9H2,1H3. The average Bonchev–Trinajstić information content (AvgIpc) is 2.68.